The molecule has 1 aliphatic carbocycles. The predicted octanol–water partition coefficient (Wildman–Crippen LogP) is 2.41. The highest BCUT2D eigenvalue weighted by Gasteiger charge is 2.29. The van der Waals surface area contributed by atoms with Crippen LogP contribution in [0.15, 0.2) is 24.3 Å². The molecule has 1 heterocycles. The maximum atomic E-state index is 13.8. The molecule has 1 aliphatic rings. The molecule has 3 rings (SSSR count). The van der Waals surface area contributed by atoms with Crippen molar-refractivity contribution in [3.63, 3.8) is 0 Å². The summed E-state index contributed by atoms with van der Waals surface area (Å²) in [5.41, 5.74) is 6.44. The lowest BCUT2D eigenvalue weighted by Gasteiger charge is -2.21. The molecule has 0 saturated carbocycles. The Bertz CT molecular complexity index is 1070. The van der Waals surface area contributed by atoms with Gasteiger partial charge in [0.25, 0.3) is 17.7 Å². The summed E-state index contributed by atoms with van der Waals surface area (Å²) in [5, 5.41) is 5.38. The second-order valence-corrected chi connectivity index (χ2v) is 8.86. The number of fused-ring (bicyclic) bond motifs is 1. The van der Waals surface area contributed by atoms with Crippen LogP contribution in [0.3, 0.4) is 0 Å². The summed E-state index contributed by atoms with van der Waals surface area (Å²) in [6, 6.07) is 4.32. The second kappa shape index (κ2) is 9.90. The van der Waals surface area contributed by atoms with E-state index in [0.717, 1.165) is 35.8 Å². The molecule has 0 unspecified atom stereocenters. The summed E-state index contributed by atoms with van der Waals surface area (Å²) in [6.07, 6.45) is 2.48. The number of hydrogen-bond donors (Lipinski definition) is 3. The summed E-state index contributed by atoms with van der Waals surface area (Å²) in [5.74, 6) is -3.93. The molecule has 1 aromatic carbocycles. The topological polar surface area (TPSA) is 128 Å². The lowest BCUT2D eigenvalue weighted by Crippen LogP contribution is -2.46. The van der Waals surface area contributed by atoms with Crippen LogP contribution in [0.2, 0.25) is 0 Å². The van der Waals surface area contributed by atoms with Gasteiger partial charge in [-0.15, -0.1) is 11.3 Å². The molecule has 4 N–H and O–H groups in total. The van der Waals surface area contributed by atoms with Crippen molar-refractivity contribution >= 4 is 40.0 Å². The Kier molecular flexibility index (Phi) is 7.24. The lowest BCUT2D eigenvalue weighted by atomic mass is 10.0. The number of thiophene rings is 1. The summed E-state index contributed by atoms with van der Waals surface area (Å²) >= 11 is 1.29. The van der Waals surface area contributed by atoms with Gasteiger partial charge >= 0.3 is 5.97 Å². The van der Waals surface area contributed by atoms with Gasteiger partial charge in [0, 0.05) is 4.88 Å². The smallest absolute Gasteiger partial charge is 0.329 e. The average molecular weight is 462 g/mol. The molecule has 1 atom stereocenters. The minimum Gasteiger partial charge on any atom is -0.454 e. The van der Waals surface area contributed by atoms with Crippen LogP contribution in [0, 0.1) is 11.7 Å². The number of aryl methyl sites for hydroxylation is 1. The van der Waals surface area contributed by atoms with Crippen molar-refractivity contribution in [1.82, 2.24) is 5.32 Å². The number of carbonyl (C=O) groups is 4. The molecule has 8 nitrogen and oxygen atoms in total. The molecule has 3 amide bonds. The first-order chi connectivity index (χ1) is 15.2. The van der Waals surface area contributed by atoms with E-state index in [9.17, 15) is 23.6 Å². The van der Waals surface area contributed by atoms with Crippen molar-refractivity contribution < 1.29 is 28.3 Å². The summed E-state index contributed by atoms with van der Waals surface area (Å²) in [7, 11) is 0. The number of nitrogens with two attached hydrogens (primary N) is 1. The lowest BCUT2D eigenvalue weighted by molar-refractivity contribution is -0.150. The van der Waals surface area contributed by atoms with Gasteiger partial charge in [-0.3, -0.25) is 14.4 Å². The van der Waals surface area contributed by atoms with Gasteiger partial charge in [0.2, 0.25) is 0 Å². The normalized spacial score (nSPS) is 13.4. The standard InChI is InChI=1S/C22H24FN3O5S/c1-11(2)18(26-20(29)12-6-3-4-8-14(12)23)22(30)31-10-16(27)25-21-17(19(24)28)13-7-5-9-15(13)32-21/h3-4,6,8,11,18H,5,7,9-10H2,1-2H3,(H2,24,28)(H,25,27)(H,26,29)/t18-/m0/s1. The van der Waals surface area contributed by atoms with Gasteiger partial charge in [0.15, 0.2) is 6.61 Å². The van der Waals surface area contributed by atoms with E-state index in [4.69, 9.17) is 10.5 Å². The molecule has 1 aromatic heterocycles. The summed E-state index contributed by atoms with van der Waals surface area (Å²) in [6.45, 7) is 2.75. The zero-order chi connectivity index (χ0) is 23.4. The van der Waals surface area contributed by atoms with E-state index >= 15 is 0 Å². The first kappa shape index (κ1) is 23.4. The van der Waals surface area contributed by atoms with Gasteiger partial charge < -0.3 is 21.1 Å². The fourth-order valence-corrected chi connectivity index (χ4v) is 4.82. The monoisotopic (exact) mass is 461 g/mol. The number of esters is 1. The van der Waals surface area contributed by atoms with Crippen molar-refractivity contribution in [2.75, 3.05) is 11.9 Å². The van der Waals surface area contributed by atoms with Gasteiger partial charge in [0.1, 0.15) is 16.9 Å². The quantitative estimate of drug-likeness (QED) is 0.520. The van der Waals surface area contributed by atoms with Gasteiger partial charge in [-0.05, 0) is 42.9 Å². The Labute approximate surface area is 188 Å². The molecule has 0 aliphatic heterocycles. The van der Waals surface area contributed by atoms with E-state index < -0.39 is 42.2 Å². The van der Waals surface area contributed by atoms with E-state index in [0.29, 0.717) is 10.6 Å². The van der Waals surface area contributed by atoms with Crippen molar-refractivity contribution in [2.24, 2.45) is 11.7 Å². The van der Waals surface area contributed by atoms with Crippen molar-refractivity contribution in [2.45, 2.75) is 39.2 Å². The first-order valence-electron chi connectivity index (χ1n) is 10.1. The van der Waals surface area contributed by atoms with Crippen molar-refractivity contribution in [3.05, 3.63) is 51.7 Å². The molecule has 32 heavy (non-hydrogen) atoms. The van der Waals surface area contributed by atoms with Crippen LogP contribution >= 0.6 is 11.3 Å². The molecule has 10 heteroatoms. The van der Waals surface area contributed by atoms with E-state index in [1.807, 2.05) is 0 Å². The van der Waals surface area contributed by atoms with Gasteiger partial charge in [-0.25, -0.2) is 9.18 Å². The molecule has 0 fully saturated rings. The molecular weight excluding hydrogens is 437 g/mol. The van der Waals surface area contributed by atoms with E-state index in [2.05, 4.69) is 10.6 Å². The third-order valence-electron chi connectivity index (χ3n) is 5.09. The van der Waals surface area contributed by atoms with Crippen LogP contribution < -0.4 is 16.4 Å². The zero-order valence-corrected chi connectivity index (χ0v) is 18.5. The highest BCUT2D eigenvalue weighted by molar-refractivity contribution is 7.17. The van der Waals surface area contributed by atoms with E-state index in [-0.39, 0.29) is 11.5 Å². The number of rotatable bonds is 8. The summed E-state index contributed by atoms with van der Waals surface area (Å²) in [4.78, 5) is 50.0. The molecule has 0 saturated heterocycles. The number of primary amides is 1. The third kappa shape index (κ3) is 5.13. The number of ether oxygens (including phenoxy) is 1. The number of amides is 3. The fourth-order valence-electron chi connectivity index (χ4n) is 3.50. The van der Waals surface area contributed by atoms with Gasteiger partial charge in [-0.1, -0.05) is 26.0 Å². The number of anilines is 1. The average Bonchev–Trinajstić information content (AvgIpc) is 3.30. The number of nitrogens with one attached hydrogen (secondary N) is 2. The molecule has 0 radical (unpaired) electrons. The van der Waals surface area contributed by atoms with Gasteiger partial charge in [-0.2, -0.15) is 0 Å². The number of hydrogen-bond acceptors (Lipinski definition) is 6. The van der Waals surface area contributed by atoms with Crippen LogP contribution in [0.1, 0.15) is 51.4 Å². The van der Waals surface area contributed by atoms with Crippen LogP contribution in [-0.2, 0) is 27.2 Å². The van der Waals surface area contributed by atoms with Gasteiger partial charge in [0.05, 0.1) is 11.1 Å². The predicted molar refractivity (Wildman–Crippen MR) is 117 cm³/mol. The SMILES string of the molecule is CC(C)[C@H](NC(=O)c1ccccc1F)C(=O)OCC(=O)Nc1sc2c(c1C(N)=O)CCC2. The largest absolute Gasteiger partial charge is 0.454 e. The highest BCUT2D eigenvalue weighted by Crippen LogP contribution is 2.38. The van der Waals surface area contributed by atoms with Crippen LogP contribution in [0.4, 0.5) is 9.39 Å². The van der Waals surface area contributed by atoms with E-state index in [1.54, 1.807) is 13.8 Å². The Balaban J connectivity index is 1.61. The Hall–Kier alpha value is -3.27. The van der Waals surface area contributed by atoms with Crippen molar-refractivity contribution in [3.8, 4) is 0 Å². The Morgan fingerprint density at radius 3 is 2.56 bits per heavy atom. The Morgan fingerprint density at radius 1 is 1.19 bits per heavy atom. The molecule has 0 bridgehead atoms. The number of carbonyl (C=O) groups excluding carboxylic acids is 4. The second-order valence-electron chi connectivity index (χ2n) is 7.76. The summed E-state index contributed by atoms with van der Waals surface area (Å²) < 4.78 is 18.9. The fraction of sp³-hybridized carbons (Fsp3) is 0.364. The number of benzene rings is 1. The number of halogens is 1. The van der Waals surface area contributed by atoms with E-state index in [1.165, 1.54) is 29.5 Å². The molecule has 2 aromatic rings. The van der Waals surface area contributed by atoms with Crippen molar-refractivity contribution in [1.29, 1.82) is 0 Å². The zero-order valence-electron chi connectivity index (χ0n) is 17.7. The minimum atomic E-state index is -1.08. The van der Waals surface area contributed by atoms with Crippen LogP contribution in [0.25, 0.3) is 0 Å². The molecule has 170 valence electrons. The maximum absolute atomic E-state index is 13.8. The molecule has 0 spiro atoms. The Morgan fingerprint density at radius 2 is 1.91 bits per heavy atom. The van der Waals surface area contributed by atoms with Crippen LogP contribution in [0.5, 0.6) is 0 Å². The first-order valence-corrected chi connectivity index (χ1v) is 11.0. The minimum absolute atomic E-state index is 0.201. The maximum Gasteiger partial charge on any atom is 0.329 e. The highest BCUT2D eigenvalue weighted by atomic mass is 32.1. The third-order valence-corrected chi connectivity index (χ3v) is 6.30. The van der Waals surface area contributed by atoms with Crippen LogP contribution in [-0.4, -0.2) is 36.3 Å². The molecular formula is C22H24FN3O5S.